The van der Waals surface area contributed by atoms with Crippen molar-refractivity contribution < 1.29 is 17.2 Å². The second kappa shape index (κ2) is 9.96. The molecule has 114 valence electrons. The van der Waals surface area contributed by atoms with Crippen LogP contribution in [0.1, 0.15) is 32.1 Å². The van der Waals surface area contributed by atoms with Crippen LogP contribution >= 0.6 is 0 Å². The third-order valence-corrected chi connectivity index (χ3v) is 3.05. The van der Waals surface area contributed by atoms with Crippen LogP contribution in [0.15, 0.2) is 0 Å². The van der Waals surface area contributed by atoms with E-state index in [1.165, 1.54) is 19.3 Å². The SMILES string of the molecule is N=C(N)N.O=S(=O)(O)OCCN1CCCCCCC1. The first-order valence-corrected chi connectivity index (χ1v) is 7.61. The normalized spacial score (nSPS) is 17.7. The van der Waals surface area contributed by atoms with Crippen LogP contribution in [0.5, 0.6) is 0 Å². The Morgan fingerprint density at radius 3 is 2.00 bits per heavy atom. The number of hydrogen-bond donors (Lipinski definition) is 4. The van der Waals surface area contributed by atoms with E-state index >= 15 is 0 Å². The first-order chi connectivity index (χ1) is 8.81. The second-order valence-corrected chi connectivity index (χ2v) is 5.41. The molecule has 19 heavy (non-hydrogen) atoms. The number of nitrogens with one attached hydrogen (secondary N) is 1. The van der Waals surface area contributed by atoms with E-state index in [0.717, 1.165) is 25.9 Å². The molecule has 0 atom stereocenters. The minimum atomic E-state index is -4.27. The van der Waals surface area contributed by atoms with Crippen LogP contribution in [0, 0.1) is 5.41 Å². The second-order valence-electron chi connectivity index (χ2n) is 4.31. The third-order valence-electron chi connectivity index (χ3n) is 2.59. The number of likely N-dealkylation sites (tertiary alicyclic amines) is 1. The number of nitrogens with two attached hydrogens (primary N) is 2. The average Bonchev–Trinajstić information content (AvgIpc) is 2.18. The van der Waals surface area contributed by atoms with Crippen molar-refractivity contribution >= 4 is 16.4 Å². The molecule has 0 saturated carbocycles. The predicted octanol–water partition coefficient (Wildman–Crippen LogP) is -0.0895. The van der Waals surface area contributed by atoms with Gasteiger partial charge in [-0.2, -0.15) is 8.42 Å². The van der Waals surface area contributed by atoms with E-state index in [1.807, 2.05) is 0 Å². The van der Waals surface area contributed by atoms with E-state index in [1.54, 1.807) is 0 Å². The summed E-state index contributed by atoms with van der Waals surface area (Å²) in [7, 11) is -4.27. The lowest BCUT2D eigenvalue weighted by Gasteiger charge is -2.23. The van der Waals surface area contributed by atoms with Gasteiger partial charge in [0.15, 0.2) is 5.96 Å². The highest BCUT2D eigenvalue weighted by Crippen LogP contribution is 2.09. The van der Waals surface area contributed by atoms with Crippen molar-refractivity contribution in [2.45, 2.75) is 32.1 Å². The van der Waals surface area contributed by atoms with E-state index in [9.17, 15) is 8.42 Å². The highest BCUT2D eigenvalue weighted by molar-refractivity contribution is 7.80. The molecule has 0 spiro atoms. The molecule has 1 aliphatic heterocycles. The molecule has 0 aromatic rings. The lowest BCUT2D eigenvalue weighted by Crippen LogP contribution is -2.31. The minimum Gasteiger partial charge on any atom is -0.370 e. The molecule has 1 rings (SSSR count). The van der Waals surface area contributed by atoms with E-state index in [-0.39, 0.29) is 12.6 Å². The topological polar surface area (TPSA) is 143 Å². The highest BCUT2D eigenvalue weighted by Gasteiger charge is 2.10. The largest absolute Gasteiger partial charge is 0.397 e. The van der Waals surface area contributed by atoms with Crippen molar-refractivity contribution in [1.29, 1.82) is 5.41 Å². The number of nitrogens with zero attached hydrogens (tertiary/aromatic N) is 1. The summed E-state index contributed by atoms with van der Waals surface area (Å²) in [6, 6.07) is 0. The fourth-order valence-corrected chi connectivity index (χ4v) is 2.09. The van der Waals surface area contributed by atoms with Gasteiger partial charge in [0, 0.05) is 6.54 Å². The number of guanidine groups is 1. The molecule has 1 saturated heterocycles. The Bertz CT molecular complexity index is 335. The Morgan fingerprint density at radius 1 is 1.16 bits per heavy atom. The summed E-state index contributed by atoms with van der Waals surface area (Å²) < 4.78 is 33.3. The lowest BCUT2D eigenvalue weighted by molar-refractivity contribution is 0.186. The maximum atomic E-state index is 10.3. The maximum Gasteiger partial charge on any atom is 0.397 e. The maximum absolute atomic E-state index is 10.3. The molecule has 0 bridgehead atoms. The van der Waals surface area contributed by atoms with Gasteiger partial charge in [-0.1, -0.05) is 19.3 Å². The van der Waals surface area contributed by atoms with E-state index in [4.69, 9.17) is 9.96 Å². The molecule has 0 radical (unpaired) electrons. The molecule has 1 heterocycles. The van der Waals surface area contributed by atoms with Gasteiger partial charge >= 0.3 is 10.4 Å². The Labute approximate surface area is 114 Å². The smallest absolute Gasteiger partial charge is 0.370 e. The summed E-state index contributed by atoms with van der Waals surface area (Å²) in [5, 5.41) is 6.06. The van der Waals surface area contributed by atoms with Gasteiger partial charge in [0.1, 0.15) is 0 Å². The van der Waals surface area contributed by atoms with Gasteiger partial charge in [0.25, 0.3) is 0 Å². The van der Waals surface area contributed by atoms with Crippen molar-refractivity contribution in [3.63, 3.8) is 0 Å². The zero-order chi connectivity index (χ0) is 14.7. The number of rotatable bonds is 4. The van der Waals surface area contributed by atoms with Crippen LogP contribution in [0.25, 0.3) is 0 Å². The Morgan fingerprint density at radius 2 is 1.58 bits per heavy atom. The van der Waals surface area contributed by atoms with Crippen LogP contribution in [0.3, 0.4) is 0 Å². The summed E-state index contributed by atoms with van der Waals surface area (Å²) in [6.07, 6.45) is 6.11. The fraction of sp³-hybridized carbons (Fsp3) is 0.900. The summed E-state index contributed by atoms with van der Waals surface area (Å²) in [4.78, 5) is 2.18. The lowest BCUT2D eigenvalue weighted by atomic mass is 10.1. The molecule has 1 fully saturated rings. The Hall–Kier alpha value is -0.900. The van der Waals surface area contributed by atoms with Crippen LogP contribution in [-0.2, 0) is 14.6 Å². The first kappa shape index (κ1) is 18.1. The predicted molar refractivity (Wildman–Crippen MR) is 73.1 cm³/mol. The van der Waals surface area contributed by atoms with Gasteiger partial charge < -0.3 is 16.4 Å². The first-order valence-electron chi connectivity index (χ1n) is 6.25. The van der Waals surface area contributed by atoms with E-state index in [2.05, 4.69) is 20.6 Å². The average molecular weight is 296 g/mol. The van der Waals surface area contributed by atoms with Gasteiger partial charge in [0.2, 0.25) is 0 Å². The summed E-state index contributed by atoms with van der Waals surface area (Å²) in [5.74, 6) is -0.333. The Balaban J connectivity index is 0.000000711. The van der Waals surface area contributed by atoms with Crippen LogP contribution < -0.4 is 11.5 Å². The van der Waals surface area contributed by atoms with Crippen LogP contribution in [0.2, 0.25) is 0 Å². The molecule has 6 N–H and O–H groups in total. The molecule has 0 aromatic heterocycles. The molecular weight excluding hydrogens is 272 g/mol. The molecule has 0 unspecified atom stereocenters. The minimum absolute atomic E-state index is 0.0405. The molecular formula is C10H24N4O4S. The quantitative estimate of drug-likeness (QED) is 0.322. The molecule has 9 heteroatoms. The van der Waals surface area contributed by atoms with Crippen molar-refractivity contribution in [2.75, 3.05) is 26.2 Å². The van der Waals surface area contributed by atoms with E-state index in [0.29, 0.717) is 6.54 Å². The van der Waals surface area contributed by atoms with Crippen molar-refractivity contribution in [1.82, 2.24) is 4.90 Å². The van der Waals surface area contributed by atoms with Gasteiger partial charge in [-0.15, -0.1) is 0 Å². The summed E-state index contributed by atoms with van der Waals surface area (Å²) in [6.45, 7) is 2.60. The van der Waals surface area contributed by atoms with Crippen molar-refractivity contribution in [3.05, 3.63) is 0 Å². The van der Waals surface area contributed by atoms with Crippen molar-refractivity contribution in [3.8, 4) is 0 Å². The van der Waals surface area contributed by atoms with E-state index < -0.39 is 10.4 Å². The summed E-state index contributed by atoms with van der Waals surface area (Å²) >= 11 is 0. The molecule has 0 aromatic carbocycles. The van der Waals surface area contributed by atoms with Crippen LogP contribution in [0.4, 0.5) is 0 Å². The third kappa shape index (κ3) is 15.0. The molecule has 0 aliphatic carbocycles. The zero-order valence-electron chi connectivity index (χ0n) is 11.0. The fourth-order valence-electron chi connectivity index (χ4n) is 1.81. The standard InChI is InChI=1S/C9H19NO4S.CH5N3/c11-15(12,13)14-9-8-10-6-4-2-1-3-5-7-10;2-1(3)4/h1-9H2,(H,11,12,13);(H5,2,3,4). The van der Waals surface area contributed by atoms with Gasteiger partial charge in [-0.3, -0.25) is 9.96 Å². The zero-order valence-corrected chi connectivity index (χ0v) is 11.9. The monoisotopic (exact) mass is 296 g/mol. The van der Waals surface area contributed by atoms with Crippen LogP contribution in [-0.4, -0.2) is 50.1 Å². The van der Waals surface area contributed by atoms with Gasteiger partial charge in [0.05, 0.1) is 6.61 Å². The molecule has 0 amide bonds. The van der Waals surface area contributed by atoms with Crippen molar-refractivity contribution in [2.24, 2.45) is 11.5 Å². The van der Waals surface area contributed by atoms with Gasteiger partial charge in [-0.25, -0.2) is 4.18 Å². The molecule has 8 nitrogen and oxygen atoms in total. The number of hydrogen-bond acceptors (Lipinski definition) is 5. The highest BCUT2D eigenvalue weighted by atomic mass is 32.3. The molecule has 1 aliphatic rings. The summed E-state index contributed by atoms with van der Waals surface area (Å²) in [5.41, 5.74) is 8.94. The Kier molecular flexibility index (Phi) is 9.48. The van der Waals surface area contributed by atoms with Gasteiger partial charge in [-0.05, 0) is 25.9 Å².